The lowest BCUT2D eigenvalue weighted by molar-refractivity contribution is 0.287. The largest absolute Gasteiger partial charge is 0.471 e. The second-order valence-corrected chi connectivity index (χ2v) is 4.86. The van der Waals surface area contributed by atoms with E-state index >= 15 is 0 Å². The zero-order chi connectivity index (χ0) is 15.4. The van der Waals surface area contributed by atoms with Crippen LogP contribution in [0.5, 0.6) is 11.8 Å². The van der Waals surface area contributed by atoms with Crippen molar-refractivity contribution in [2.75, 3.05) is 0 Å². The molecule has 0 spiro atoms. The van der Waals surface area contributed by atoms with E-state index in [9.17, 15) is 0 Å². The molecule has 0 aliphatic heterocycles. The number of benzene rings is 1. The Bertz CT molecular complexity index is 692. The van der Waals surface area contributed by atoms with Crippen molar-refractivity contribution in [1.29, 1.82) is 0 Å². The summed E-state index contributed by atoms with van der Waals surface area (Å²) in [5, 5.41) is 15.4. The van der Waals surface area contributed by atoms with Crippen LogP contribution in [0, 0.1) is 0 Å². The lowest BCUT2D eigenvalue weighted by Gasteiger charge is -2.06. The molecule has 3 aromatic rings. The molecule has 2 heterocycles. The first-order valence-corrected chi connectivity index (χ1v) is 6.75. The minimum atomic E-state index is 0.428. The third kappa shape index (κ3) is 3.60. The molecule has 2 aromatic heterocycles. The number of hydrogen-bond acceptors (Lipinski definition) is 6. The van der Waals surface area contributed by atoms with E-state index in [4.69, 9.17) is 9.47 Å². The van der Waals surface area contributed by atoms with Crippen molar-refractivity contribution in [2.24, 2.45) is 14.1 Å². The Kier molecular flexibility index (Phi) is 3.99. The van der Waals surface area contributed by atoms with Gasteiger partial charge in [-0.3, -0.25) is 9.36 Å². The first-order valence-electron chi connectivity index (χ1n) is 6.75. The van der Waals surface area contributed by atoms with E-state index in [-0.39, 0.29) is 0 Å². The molecule has 22 heavy (non-hydrogen) atoms. The van der Waals surface area contributed by atoms with Gasteiger partial charge >= 0.3 is 0 Å². The highest BCUT2D eigenvalue weighted by Crippen LogP contribution is 2.12. The molecule has 0 bridgehead atoms. The maximum absolute atomic E-state index is 5.57. The van der Waals surface area contributed by atoms with Crippen molar-refractivity contribution in [3.63, 3.8) is 0 Å². The van der Waals surface area contributed by atoms with E-state index in [2.05, 4.69) is 20.6 Å². The van der Waals surface area contributed by atoms with Crippen LogP contribution in [0.1, 0.15) is 11.1 Å². The highest BCUT2D eigenvalue weighted by atomic mass is 16.5. The highest BCUT2D eigenvalue weighted by molar-refractivity contribution is 5.23. The van der Waals surface area contributed by atoms with Crippen molar-refractivity contribution in [1.82, 2.24) is 30.0 Å². The molecule has 114 valence electrons. The molecule has 0 saturated carbocycles. The molecule has 0 atom stereocenters. The number of rotatable bonds is 6. The van der Waals surface area contributed by atoms with Crippen LogP contribution in [0.4, 0.5) is 0 Å². The molecule has 0 aliphatic rings. The minimum Gasteiger partial charge on any atom is -0.471 e. The first-order chi connectivity index (χ1) is 10.7. The molecule has 0 radical (unpaired) electrons. The molecule has 3 rings (SSSR count). The van der Waals surface area contributed by atoms with E-state index in [1.165, 1.54) is 0 Å². The van der Waals surface area contributed by atoms with Gasteiger partial charge in [-0.15, -0.1) is 0 Å². The monoisotopic (exact) mass is 300 g/mol. The number of nitrogens with zero attached hydrogens (tertiary/aromatic N) is 6. The van der Waals surface area contributed by atoms with Crippen LogP contribution in [0.25, 0.3) is 0 Å². The van der Waals surface area contributed by atoms with E-state index < -0.39 is 0 Å². The summed E-state index contributed by atoms with van der Waals surface area (Å²) >= 11 is 0. The van der Waals surface area contributed by atoms with Crippen molar-refractivity contribution < 1.29 is 9.47 Å². The molecule has 8 nitrogen and oxygen atoms in total. The first kappa shape index (κ1) is 14.1. The fourth-order valence-electron chi connectivity index (χ4n) is 1.91. The zero-order valence-electron chi connectivity index (χ0n) is 12.4. The Morgan fingerprint density at radius 3 is 1.77 bits per heavy atom. The number of aromatic nitrogens is 6. The summed E-state index contributed by atoms with van der Waals surface area (Å²) in [6.07, 6.45) is 3.45. The van der Waals surface area contributed by atoms with Crippen LogP contribution in [-0.2, 0) is 27.3 Å². The van der Waals surface area contributed by atoms with Gasteiger partial charge in [-0.25, -0.2) is 0 Å². The fourth-order valence-corrected chi connectivity index (χ4v) is 1.91. The van der Waals surface area contributed by atoms with Gasteiger partial charge < -0.3 is 9.47 Å². The predicted molar refractivity (Wildman–Crippen MR) is 77.1 cm³/mol. The number of hydrogen-bond donors (Lipinski definition) is 0. The SMILES string of the molecule is Cn1cc(OCc2cccc(COc3cn(C)nn3)c2)nn1. The van der Waals surface area contributed by atoms with Crippen molar-refractivity contribution >= 4 is 0 Å². The molecule has 0 fully saturated rings. The number of ether oxygens (including phenoxy) is 2. The van der Waals surface area contributed by atoms with Crippen LogP contribution >= 0.6 is 0 Å². The average Bonchev–Trinajstić information content (AvgIpc) is 3.12. The summed E-state index contributed by atoms with van der Waals surface area (Å²) < 4.78 is 14.3. The van der Waals surface area contributed by atoms with Gasteiger partial charge in [0, 0.05) is 14.1 Å². The molecule has 0 aliphatic carbocycles. The van der Waals surface area contributed by atoms with E-state index in [0.29, 0.717) is 25.0 Å². The summed E-state index contributed by atoms with van der Waals surface area (Å²) in [6.45, 7) is 0.856. The van der Waals surface area contributed by atoms with Crippen molar-refractivity contribution in [3.05, 3.63) is 47.8 Å². The number of aryl methyl sites for hydroxylation is 2. The van der Waals surface area contributed by atoms with Crippen LogP contribution in [-0.4, -0.2) is 30.0 Å². The maximum atomic E-state index is 5.57. The van der Waals surface area contributed by atoms with Gasteiger partial charge in [-0.1, -0.05) is 38.8 Å². The van der Waals surface area contributed by atoms with Gasteiger partial charge in [0.2, 0.25) is 0 Å². The lowest BCUT2D eigenvalue weighted by Crippen LogP contribution is -1.99. The van der Waals surface area contributed by atoms with Crippen LogP contribution in [0.2, 0.25) is 0 Å². The molecular formula is C14H16N6O2. The third-order valence-electron chi connectivity index (χ3n) is 2.93. The van der Waals surface area contributed by atoms with Crippen molar-refractivity contribution in [3.8, 4) is 11.8 Å². The summed E-state index contributed by atoms with van der Waals surface area (Å²) in [5.41, 5.74) is 2.07. The van der Waals surface area contributed by atoms with Gasteiger partial charge in [-0.05, 0) is 17.2 Å². The van der Waals surface area contributed by atoms with Crippen LogP contribution in [0.3, 0.4) is 0 Å². The van der Waals surface area contributed by atoms with E-state index in [1.54, 1.807) is 35.9 Å². The fraction of sp³-hybridized carbons (Fsp3) is 0.286. The molecule has 1 aromatic carbocycles. The highest BCUT2D eigenvalue weighted by Gasteiger charge is 2.03. The average molecular weight is 300 g/mol. The Morgan fingerprint density at radius 1 is 0.864 bits per heavy atom. The van der Waals surface area contributed by atoms with Gasteiger partial charge in [-0.2, -0.15) is 0 Å². The summed E-state index contributed by atoms with van der Waals surface area (Å²) in [5.74, 6) is 1.01. The standard InChI is InChI=1S/C14H16N6O2/c1-19-7-13(15-17-19)21-9-11-4-3-5-12(6-11)10-22-14-8-20(2)18-16-14/h3-8H,9-10H2,1-2H3. The summed E-state index contributed by atoms with van der Waals surface area (Å²) in [6, 6.07) is 7.96. The molecule has 8 heteroatoms. The molecular weight excluding hydrogens is 284 g/mol. The summed E-state index contributed by atoms with van der Waals surface area (Å²) in [4.78, 5) is 0. The Hall–Kier alpha value is -2.90. The Morgan fingerprint density at radius 2 is 1.36 bits per heavy atom. The molecule has 0 N–H and O–H groups in total. The molecule has 0 unspecified atom stereocenters. The quantitative estimate of drug-likeness (QED) is 0.678. The van der Waals surface area contributed by atoms with E-state index in [0.717, 1.165) is 11.1 Å². The smallest absolute Gasteiger partial charge is 0.253 e. The van der Waals surface area contributed by atoms with Gasteiger partial charge in [0.1, 0.15) is 13.2 Å². The van der Waals surface area contributed by atoms with Gasteiger partial charge in [0.05, 0.1) is 12.4 Å². The second kappa shape index (κ2) is 6.25. The maximum Gasteiger partial charge on any atom is 0.253 e. The van der Waals surface area contributed by atoms with Gasteiger partial charge in [0.15, 0.2) is 0 Å². The zero-order valence-corrected chi connectivity index (χ0v) is 12.4. The van der Waals surface area contributed by atoms with Crippen LogP contribution < -0.4 is 9.47 Å². The lowest BCUT2D eigenvalue weighted by atomic mass is 10.1. The second-order valence-electron chi connectivity index (χ2n) is 4.86. The van der Waals surface area contributed by atoms with Gasteiger partial charge in [0.25, 0.3) is 11.8 Å². The topological polar surface area (TPSA) is 79.9 Å². The normalized spacial score (nSPS) is 10.6. The predicted octanol–water partition coefficient (Wildman–Crippen LogP) is 1.10. The van der Waals surface area contributed by atoms with Crippen LogP contribution in [0.15, 0.2) is 36.7 Å². The Labute approximate surface area is 127 Å². The summed E-state index contributed by atoms with van der Waals surface area (Å²) in [7, 11) is 3.59. The molecule has 0 amide bonds. The Balaban J connectivity index is 1.57. The van der Waals surface area contributed by atoms with Crippen molar-refractivity contribution in [2.45, 2.75) is 13.2 Å². The third-order valence-corrected chi connectivity index (χ3v) is 2.93. The van der Waals surface area contributed by atoms with E-state index in [1.807, 2.05) is 24.3 Å². The molecule has 0 saturated heterocycles. The minimum absolute atomic E-state index is 0.428.